The maximum Gasteiger partial charge on any atom is 0.255 e. The molecule has 2 N–H and O–H groups in total. The smallest absolute Gasteiger partial charge is 0.255 e. The molecule has 0 aliphatic heterocycles. The number of carbonyl (C=O) groups is 1. The molecule has 0 radical (unpaired) electrons. The van der Waals surface area contributed by atoms with Gasteiger partial charge in [-0.15, -0.1) is 0 Å². The molecule has 0 saturated carbocycles. The summed E-state index contributed by atoms with van der Waals surface area (Å²) in [5.74, 6) is -2.25. The van der Waals surface area contributed by atoms with Crippen molar-refractivity contribution in [2.45, 2.75) is 19.8 Å². The minimum absolute atomic E-state index is 0.108. The van der Waals surface area contributed by atoms with E-state index in [-0.39, 0.29) is 5.56 Å². The molecular weight excluding hydrogens is 360 g/mol. The molecule has 134 valence electrons. The molecule has 3 aromatic rings. The molecule has 1 aromatic heterocycles. The van der Waals surface area contributed by atoms with Crippen LogP contribution in [-0.2, 0) is 6.42 Å². The molecule has 1 amide bonds. The van der Waals surface area contributed by atoms with E-state index >= 15 is 0 Å². The van der Waals surface area contributed by atoms with Gasteiger partial charge in [0, 0.05) is 22.2 Å². The molecule has 2 aromatic carbocycles. The van der Waals surface area contributed by atoms with Gasteiger partial charge in [0.2, 0.25) is 0 Å². The maximum atomic E-state index is 13.4. The zero-order valence-electron chi connectivity index (χ0n) is 13.9. The van der Waals surface area contributed by atoms with E-state index in [1.54, 1.807) is 18.2 Å². The molecule has 0 spiro atoms. The van der Waals surface area contributed by atoms with Crippen LogP contribution in [0.15, 0.2) is 42.5 Å². The lowest BCUT2D eigenvalue weighted by atomic mass is 10.1. The summed E-state index contributed by atoms with van der Waals surface area (Å²) >= 11 is 6.04. The first-order chi connectivity index (χ1) is 12.5. The lowest BCUT2D eigenvalue weighted by Crippen LogP contribution is -2.14. The second-order valence-electron chi connectivity index (χ2n) is 5.80. The maximum absolute atomic E-state index is 13.4. The Labute approximate surface area is 154 Å². The Morgan fingerprint density at radius 1 is 1.19 bits per heavy atom. The Morgan fingerprint density at radius 2 is 1.92 bits per heavy atom. The third kappa shape index (κ3) is 3.91. The molecule has 26 heavy (non-hydrogen) atoms. The Bertz CT molecular complexity index is 935. The van der Waals surface area contributed by atoms with Crippen LogP contribution in [0.3, 0.4) is 0 Å². The highest BCUT2D eigenvalue weighted by Gasteiger charge is 2.18. The summed E-state index contributed by atoms with van der Waals surface area (Å²) in [6, 6.07) is 9.74. The van der Waals surface area contributed by atoms with Crippen molar-refractivity contribution in [2.75, 3.05) is 5.32 Å². The first-order valence-electron chi connectivity index (χ1n) is 8.08. The fourth-order valence-corrected chi connectivity index (χ4v) is 2.85. The van der Waals surface area contributed by atoms with E-state index < -0.39 is 17.5 Å². The fourth-order valence-electron chi connectivity index (χ4n) is 2.66. The molecule has 0 aliphatic rings. The Morgan fingerprint density at radius 3 is 2.58 bits per heavy atom. The molecular formula is C19H16ClF2N3O. The van der Waals surface area contributed by atoms with E-state index in [0.29, 0.717) is 28.9 Å². The van der Waals surface area contributed by atoms with Crippen molar-refractivity contribution >= 4 is 23.2 Å². The largest absolute Gasteiger partial charge is 0.319 e. The number of hydrogen-bond acceptors (Lipinski definition) is 2. The number of aromatic nitrogens is 2. The highest BCUT2D eigenvalue weighted by molar-refractivity contribution is 6.30. The van der Waals surface area contributed by atoms with Crippen molar-refractivity contribution in [3.05, 3.63) is 70.4 Å². The Hall–Kier alpha value is -2.73. The molecule has 0 saturated heterocycles. The molecule has 0 aliphatic carbocycles. The quantitative estimate of drug-likeness (QED) is 0.642. The van der Waals surface area contributed by atoms with Crippen molar-refractivity contribution in [3.63, 3.8) is 0 Å². The zero-order chi connectivity index (χ0) is 18.7. The molecule has 7 heteroatoms. The number of H-pyrrole nitrogens is 1. The summed E-state index contributed by atoms with van der Waals surface area (Å²) in [5, 5.41) is 10.5. The summed E-state index contributed by atoms with van der Waals surface area (Å²) in [6.45, 7) is 1.99. The average Bonchev–Trinajstić information content (AvgIpc) is 2.97. The number of hydrogen-bond donors (Lipinski definition) is 2. The van der Waals surface area contributed by atoms with Crippen molar-refractivity contribution in [3.8, 4) is 11.3 Å². The minimum atomic E-state index is -0.814. The summed E-state index contributed by atoms with van der Waals surface area (Å²) in [7, 11) is 0. The Kier molecular flexibility index (Phi) is 5.32. The van der Waals surface area contributed by atoms with E-state index in [1.807, 2.05) is 13.0 Å². The predicted molar refractivity (Wildman–Crippen MR) is 97.3 cm³/mol. The zero-order valence-corrected chi connectivity index (χ0v) is 14.7. The van der Waals surface area contributed by atoms with Gasteiger partial charge in [-0.05, 0) is 30.7 Å². The van der Waals surface area contributed by atoms with Crippen molar-refractivity contribution in [1.82, 2.24) is 10.2 Å². The van der Waals surface area contributed by atoms with Gasteiger partial charge in [0.1, 0.15) is 17.3 Å². The summed E-state index contributed by atoms with van der Waals surface area (Å²) < 4.78 is 26.8. The molecule has 0 bridgehead atoms. The van der Waals surface area contributed by atoms with E-state index in [9.17, 15) is 13.6 Å². The van der Waals surface area contributed by atoms with E-state index in [0.717, 1.165) is 29.8 Å². The topological polar surface area (TPSA) is 57.8 Å². The van der Waals surface area contributed by atoms with Gasteiger partial charge >= 0.3 is 0 Å². The lowest BCUT2D eigenvalue weighted by molar-refractivity contribution is 0.102. The van der Waals surface area contributed by atoms with Crippen LogP contribution in [0, 0.1) is 11.6 Å². The van der Waals surface area contributed by atoms with Gasteiger partial charge in [-0.1, -0.05) is 37.1 Å². The second kappa shape index (κ2) is 7.66. The number of carbonyl (C=O) groups excluding carboxylic acids is 1. The summed E-state index contributed by atoms with van der Waals surface area (Å²) in [4.78, 5) is 12.5. The van der Waals surface area contributed by atoms with Crippen molar-refractivity contribution < 1.29 is 13.6 Å². The van der Waals surface area contributed by atoms with Crippen LogP contribution in [0.4, 0.5) is 14.5 Å². The third-order valence-electron chi connectivity index (χ3n) is 3.80. The van der Waals surface area contributed by atoms with Crippen molar-refractivity contribution in [2.24, 2.45) is 0 Å². The highest BCUT2D eigenvalue weighted by Crippen LogP contribution is 2.31. The number of benzene rings is 2. The van der Waals surface area contributed by atoms with Crippen LogP contribution in [0.5, 0.6) is 0 Å². The van der Waals surface area contributed by atoms with Crippen LogP contribution in [0.25, 0.3) is 11.3 Å². The monoisotopic (exact) mass is 375 g/mol. The van der Waals surface area contributed by atoms with Crippen LogP contribution >= 0.6 is 11.6 Å². The van der Waals surface area contributed by atoms with E-state index in [4.69, 9.17) is 11.6 Å². The number of rotatable bonds is 5. The molecule has 0 unspecified atom stereocenters. The van der Waals surface area contributed by atoms with Gasteiger partial charge in [0.15, 0.2) is 0 Å². The molecule has 1 heterocycles. The van der Waals surface area contributed by atoms with Gasteiger partial charge in [0.25, 0.3) is 5.91 Å². The van der Waals surface area contributed by atoms with Crippen LogP contribution in [0.1, 0.15) is 29.4 Å². The number of nitrogens with one attached hydrogen (secondary N) is 2. The van der Waals surface area contributed by atoms with Gasteiger partial charge in [0.05, 0.1) is 11.4 Å². The third-order valence-corrected chi connectivity index (χ3v) is 4.04. The van der Waals surface area contributed by atoms with Crippen LogP contribution < -0.4 is 5.32 Å². The van der Waals surface area contributed by atoms with Gasteiger partial charge in [-0.3, -0.25) is 9.89 Å². The lowest BCUT2D eigenvalue weighted by Gasteiger charge is -2.09. The first kappa shape index (κ1) is 18.1. The molecule has 4 nitrogen and oxygen atoms in total. The second-order valence-corrected chi connectivity index (χ2v) is 6.23. The number of halogens is 3. The van der Waals surface area contributed by atoms with E-state index in [2.05, 4.69) is 15.5 Å². The first-order valence-corrected chi connectivity index (χ1v) is 8.46. The van der Waals surface area contributed by atoms with Gasteiger partial charge in [-0.25, -0.2) is 8.78 Å². The number of amides is 1. The average molecular weight is 376 g/mol. The molecule has 3 rings (SSSR count). The Balaban J connectivity index is 1.99. The predicted octanol–water partition coefficient (Wildman–Crippen LogP) is 5.21. The summed E-state index contributed by atoms with van der Waals surface area (Å²) in [6.07, 6.45) is 1.48. The standard InChI is InChI=1S/C19H16ClF2N3O/c1-2-4-16-18(17(25-24-16)11-5-3-6-13(20)7-11)23-19(26)12-8-14(21)10-15(22)9-12/h3,5-10H,2,4H2,1H3,(H,23,26)(H,24,25). The van der Waals surface area contributed by atoms with Gasteiger partial charge < -0.3 is 5.32 Å². The molecule has 0 atom stereocenters. The number of nitrogens with zero attached hydrogens (tertiary/aromatic N) is 1. The summed E-state index contributed by atoms with van der Waals surface area (Å²) in [5.41, 5.74) is 2.33. The van der Waals surface area contributed by atoms with E-state index in [1.165, 1.54) is 0 Å². The number of aromatic amines is 1. The van der Waals surface area contributed by atoms with Gasteiger partial charge in [-0.2, -0.15) is 5.10 Å². The number of anilines is 1. The number of aryl methyl sites for hydroxylation is 1. The SMILES string of the molecule is CCCc1[nH]nc(-c2cccc(Cl)c2)c1NC(=O)c1cc(F)cc(F)c1. The highest BCUT2D eigenvalue weighted by atomic mass is 35.5. The molecule has 0 fully saturated rings. The fraction of sp³-hybridized carbons (Fsp3) is 0.158. The van der Waals surface area contributed by atoms with Crippen molar-refractivity contribution in [1.29, 1.82) is 0 Å². The minimum Gasteiger partial charge on any atom is -0.319 e. The van der Waals surface area contributed by atoms with Crippen LogP contribution in [0.2, 0.25) is 5.02 Å². The normalized spacial score (nSPS) is 10.8. The van der Waals surface area contributed by atoms with Crippen LogP contribution in [-0.4, -0.2) is 16.1 Å².